The summed E-state index contributed by atoms with van der Waals surface area (Å²) < 4.78 is 62.2. The average Bonchev–Trinajstić information content (AvgIpc) is 3.20. The van der Waals surface area contributed by atoms with E-state index in [1.54, 1.807) is 0 Å². The fraction of sp³-hybridized carbons (Fsp3) is 0.463. The molecule has 3 fully saturated rings. The van der Waals surface area contributed by atoms with Crippen LogP contribution < -0.4 is 0 Å². The molecule has 11 atom stereocenters. The van der Waals surface area contributed by atoms with Gasteiger partial charge in [0, 0.05) is 39.2 Å². The number of thioether (sulfide) groups is 1. The number of nitriles is 1. The van der Waals surface area contributed by atoms with Crippen molar-refractivity contribution in [1.82, 2.24) is 0 Å². The smallest absolute Gasteiger partial charge is 0.303 e. The number of methoxy groups -OCH3 is 1. The molecule has 0 radical (unpaired) electrons. The molecule has 0 N–H and O–H groups in total. The monoisotopic (exact) mass is 791 g/mol. The SMILES string of the molecule is CO[C@@H]1O[C@H](COC(C)=O)[C@@H](O[C@@H]2O[C@@H]3CS[C@@](C#N)(c4ccccc4)O[C@H]3[C@H](OCc3ccccc3)[C@@H]2OCc2ccccc2)[C@H](OC(C)=O)[C@H]1OC(C)=O. The molecular weight excluding hydrogens is 747 g/mol. The van der Waals surface area contributed by atoms with E-state index in [1.165, 1.54) is 39.6 Å². The molecule has 3 heterocycles. The van der Waals surface area contributed by atoms with Gasteiger partial charge in [0.1, 0.15) is 43.2 Å². The number of ether oxygens (including phenoxy) is 10. The second-order valence-corrected chi connectivity index (χ2v) is 14.6. The molecule has 15 heteroatoms. The van der Waals surface area contributed by atoms with Gasteiger partial charge in [0.15, 0.2) is 24.8 Å². The van der Waals surface area contributed by atoms with Crippen molar-refractivity contribution >= 4 is 29.7 Å². The number of benzene rings is 3. The van der Waals surface area contributed by atoms with Crippen LogP contribution in [0.4, 0.5) is 0 Å². The van der Waals surface area contributed by atoms with E-state index in [1.807, 2.05) is 91.0 Å². The van der Waals surface area contributed by atoms with Gasteiger partial charge < -0.3 is 47.4 Å². The lowest BCUT2D eigenvalue weighted by molar-refractivity contribution is -0.367. The van der Waals surface area contributed by atoms with Crippen molar-refractivity contribution in [2.45, 2.75) is 100 Å². The van der Waals surface area contributed by atoms with Crippen molar-refractivity contribution in [2.75, 3.05) is 19.5 Å². The predicted molar refractivity (Wildman–Crippen MR) is 198 cm³/mol. The first-order valence-corrected chi connectivity index (χ1v) is 19.2. The van der Waals surface area contributed by atoms with Crippen LogP contribution in [-0.4, -0.2) is 98.8 Å². The van der Waals surface area contributed by atoms with Crippen molar-refractivity contribution < 1.29 is 61.8 Å². The zero-order valence-electron chi connectivity index (χ0n) is 31.4. The number of esters is 3. The molecular formula is C41H45NO13S. The highest BCUT2D eigenvalue weighted by molar-refractivity contribution is 8.00. The Balaban J connectivity index is 1.41. The van der Waals surface area contributed by atoms with Gasteiger partial charge in [0.25, 0.3) is 0 Å². The normalized spacial score (nSPS) is 31.3. The molecule has 3 saturated heterocycles. The van der Waals surface area contributed by atoms with Crippen LogP contribution in [0.1, 0.15) is 37.5 Å². The molecule has 0 aromatic heterocycles. The topological polar surface area (TPSA) is 167 Å². The fourth-order valence-corrected chi connectivity index (χ4v) is 8.10. The van der Waals surface area contributed by atoms with E-state index in [9.17, 15) is 19.6 Å². The third-order valence-corrected chi connectivity index (χ3v) is 10.7. The highest BCUT2D eigenvalue weighted by atomic mass is 32.2. The first kappa shape index (κ1) is 41.3. The minimum absolute atomic E-state index is 0.0986. The van der Waals surface area contributed by atoms with Gasteiger partial charge in [-0.25, -0.2) is 0 Å². The summed E-state index contributed by atoms with van der Waals surface area (Å²) in [4.78, 5) is 35.6. The Labute approximate surface area is 329 Å². The van der Waals surface area contributed by atoms with E-state index in [4.69, 9.17) is 47.4 Å². The standard InChI is InChI=1S/C41H45NO13S/c1-25(43)47-22-31-33(36(50-26(2)44)38(51-27(3)45)39(46-4)52-31)54-40-37(49-21-29-16-10-6-11-17-29)35(48-20-28-14-8-5-9-15-28)34-32(53-40)23-56-41(24-42,55-34)30-18-12-7-13-19-30/h5-19,31-40H,20-23H2,1-4H3/t31-,32-,33-,34-,35+,36+,37+,38-,39-,40+,41+/m1/s1. The molecule has 0 spiro atoms. The van der Waals surface area contributed by atoms with Crippen LogP contribution in [0.5, 0.6) is 0 Å². The van der Waals surface area contributed by atoms with Crippen molar-refractivity contribution in [3.8, 4) is 6.07 Å². The Kier molecular flexibility index (Phi) is 14.1. The van der Waals surface area contributed by atoms with Crippen LogP contribution >= 0.6 is 11.8 Å². The van der Waals surface area contributed by atoms with Crippen molar-refractivity contribution in [3.05, 3.63) is 108 Å². The van der Waals surface area contributed by atoms with Gasteiger partial charge in [-0.15, -0.1) is 11.8 Å². The lowest BCUT2D eigenvalue weighted by atomic mass is 9.95. The highest BCUT2D eigenvalue weighted by Gasteiger charge is 2.58. The number of hydrogen-bond acceptors (Lipinski definition) is 15. The van der Waals surface area contributed by atoms with Crippen molar-refractivity contribution in [2.24, 2.45) is 0 Å². The molecule has 3 aromatic rings. The van der Waals surface area contributed by atoms with Crippen LogP contribution in [0.15, 0.2) is 91.0 Å². The van der Waals surface area contributed by atoms with Crippen LogP contribution in [0.3, 0.4) is 0 Å². The molecule has 298 valence electrons. The zero-order valence-corrected chi connectivity index (χ0v) is 32.2. The average molecular weight is 792 g/mol. The predicted octanol–water partition coefficient (Wildman–Crippen LogP) is 4.57. The summed E-state index contributed by atoms with van der Waals surface area (Å²) in [6.07, 6.45) is -11.0. The quantitative estimate of drug-likeness (QED) is 0.164. The lowest BCUT2D eigenvalue weighted by Crippen LogP contribution is -2.67. The summed E-state index contributed by atoms with van der Waals surface area (Å²) in [5.41, 5.74) is 2.38. The fourth-order valence-electron chi connectivity index (χ4n) is 6.88. The second-order valence-electron chi connectivity index (χ2n) is 13.4. The molecule has 3 aromatic carbocycles. The largest absolute Gasteiger partial charge is 0.463 e. The molecule has 14 nitrogen and oxygen atoms in total. The Morgan fingerprint density at radius 3 is 1.86 bits per heavy atom. The molecule has 0 bridgehead atoms. The van der Waals surface area contributed by atoms with E-state index in [0.717, 1.165) is 11.1 Å². The molecule has 0 aliphatic carbocycles. The molecule has 0 amide bonds. The van der Waals surface area contributed by atoms with Gasteiger partial charge >= 0.3 is 17.9 Å². The molecule has 3 aliphatic heterocycles. The number of carbonyl (C=O) groups excluding carboxylic acids is 3. The van der Waals surface area contributed by atoms with Gasteiger partial charge in [-0.05, 0) is 11.1 Å². The van der Waals surface area contributed by atoms with Gasteiger partial charge in [0.05, 0.1) is 19.3 Å². The number of hydrogen-bond donors (Lipinski definition) is 0. The van der Waals surface area contributed by atoms with E-state index in [-0.39, 0.29) is 25.6 Å². The summed E-state index contributed by atoms with van der Waals surface area (Å²) in [6.45, 7) is 3.54. The summed E-state index contributed by atoms with van der Waals surface area (Å²) in [7, 11) is 1.33. The Bertz CT molecular complexity index is 1800. The molecule has 56 heavy (non-hydrogen) atoms. The van der Waals surface area contributed by atoms with Gasteiger partial charge in [-0.1, -0.05) is 91.0 Å². The highest BCUT2D eigenvalue weighted by Crippen LogP contribution is 2.48. The van der Waals surface area contributed by atoms with Crippen LogP contribution in [0, 0.1) is 11.3 Å². The van der Waals surface area contributed by atoms with Gasteiger partial charge in [-0.2, -0.15) is 5.26 Å². The third kappa shape index (κ3) is 9.95. The number of nitrogens with zero attached hydrogens (tertiary/aromatic N) is 1. The van der Waals surface area contributed by atoms with E-state index in [0.29, 0.717) is 5.56 Å². The number of rotatable bonds is 14. The maximum atomic E-state index is 12.6. The maximum absolute atomic E-state index is 12.6. The maximum Gasteiger partial charge on any atom is 0.303 e. The molecule has 0 saturated carbocycles. The Morgan fingerprint density at radius 1 is 0.732 bits per heavy atom. The Hall–Kier alpha value is -4.37. The number of fused-ring (bicyclic) bond motifs is 1. The third-order valence-electron chi connectivity index (χ3n) is 9.39. The molecule has 0 unspecified atom stereocenters. The van der Waals surface area contributed by atoms with Gasteiger partial charge in [-0.3, -0.25) is 14.4 Å². The summed E-state index contributed by atoms with van der Waals surface area (Å²) in [5.74, 6) is -1.71. The van der Waals surface area contributed by atoms with Gasteiger partial charge in [0.2, 0.25) is 4.93 Å². The summed E-state index contributed by atoms with van der Waals surface area (Å²) in [6, 6.07) is 30.6. The summed E-state index contributed by atoms with van der Waals surface area (Å²) in [5, 5.41) is 10.6. The minimum Gasteiger partial charge on any atom is -0.463 e. The first-order valence-electron chi connectivity index (χ1n) is 18.2. The first-order chi connectivity index (χ1) is 27.1. The van der Waals surface area contributed by atoms with E-state index in [2.05, 4.69) is 6.07 Å². The van der Waals surface area contributed by atoms with Crippen LogP contribution in [0.2, 0.25) is 0 Å². The molecule has 6 rings (SSSR count). The van der Waals surface area contributed by atoms with E-state index >= 15 is 0 Å². The number of carbonyl (C=O) groups is 3. The second kappa shape index (κ2) is 19.2. The van der Waals surface area contributed by atoms with Crippen LogP contribution in [-0.2, 0) is 79.9 Å². The molecule has 3 aliphatic rings. The van der Waals surface area contributed by atoms with Crippen molar-refractivity contribution in [1.29, 1.82) is 5.26 Å². The van der Waals surface area contributed by atoms with Crippen LogP contribution in [0.25, 0.3) is 0 Å². The Morgan fingerprint density at radius 2 is 1.30 bits per heavy atom. The lowest BCUT2D eigenvalue weighted by Gasteiger charge is -2.52. The van der Waals surface area contributed by atoms with Crippen molar-refractivity contribution in [3.63, 3.8) is 0 Å². The summed E-state index contributed by atoms with van der Waals surface area (Å²) >= 11 is 1.27. The zero-order chi connectivity index (χ0) is 39.7. The van der Waals surface area contributed by atoms with E-state index < -0.39 is 84.3 Å². The minimum atomic E-state index is -1.39.